The van der Waals surface area contributed by atoms with Gasteiger partial charge in [-0.2, -0.15) is 0 Å². The number of esters is 1. The van der Waals surface area contributed by atoms with E-state index in [4.69, 9.17) is 16.3 Å². The van der Waals surface area contributed by atoms with Crippen LogP contribution in [0.2, 0.25) is 5.02 Å². The lowest BCUT2D eigenvalue weighted by atomic mass is 9.97. The molecule has 0 fully saturated rings. The van der Waals surface area contributed by atoms with Crippen LogP contribution in [0.1, 0.15) is 10.4 Å². The molecule has 0 amide bonds. The van der Waals surface area contributed by atoms with Gasteiger partial charge in [0.1, 0.15) is 0 Å². The van der Waals surface area contributed by atoms with Gasteiger partial charge in [-0.3, -0.25) is 0 Å². The maximum Gasteiger partial charge on any atom is 0.338 e. The summed E-state index contributed by atoms with van der Waals surface area (Å²) in [5, 5.41) is 4.36. The minimum absolute atomic E-state index is 0.349. The lowest BCUT2D eigenvalue weighted by Gasteiger charge is -2.10. The first-order chi connectivity index (χ1) is 9.22. The van der Waals surface area contributed by atoms with Crippen molar-refractivity contribution >= 4 is 39.1 Å². The van der Waals surface area contributed by atoms with Crippen molar-refractivity contribution in [1.82, 2.24) is 0 Å². The molecule has 0 saturated heterocycles. The monoisotopic (exact) mass is 270 g/mol. The van der Waals surface area contributed by atoms with Crippen molar-refractivity contribution in [3.8, 4) is 0 Å². The SMILES string of the molecule is COC(=O)c1cccc2c(Cl)cc3ccccc3c12. The molecule has 0 saturated carbocycles. The van der Waals surface area contributed by atoms with Crippen LogP contribution < -0.4 is 0 Å². The van der Waals surface area contributed by atoms with Gasteiger partial charge in [0, 0.05) is 15.8 Å². The molecule has 2 nitrogen and oxygen atoms in total. The summed E-state index contributed by atoms with van der Waals surface area (Å²) >= 11 is 6.30. The molecule has 3 heteroatoms. The predicted octanol–water partition coefficient (Wildman–Crippen LogP) is 4.43. The quantitative estimate of drug-likeness (QED) is 0.483. The number of hydrogen-bond acceptors (Lipinski definition) is 2. The van der Waals surface area contributed by atoms with Crippen molar-refractivity contribution in [3.63, 3.8) is 0 Å². The summed E-state index contributed by atoms with van der Waals surface area (Å²) in [5.74, 6) is -0.349. The summed E-state index contributed by atoms with van der Waals surface area (Å²) in [6, 6.07) is 15.3. The molecule has 0 radical (unpaired) electrons. The van der Waals surface area contributed by atoms with Crippen LogP contribution in [0.25, 0.3) is 21.5 Å². The Kier molecular flexibility index (Phi) is 2.88. The number of halogens is 1. The molecule has 0 N–H and O–H groups in total. The molecular formula is C16H11ClO2. The van der Waals surface area contributed by atoms with Crippen LogP contribution in [0.3, 0.4) is 0 Å². The normalized spacial score (nSPS) is 10.8. The molecule has 0 bridgehead atoms. The Hall–Kier alpha value is -2.06. The minimum atomic E-state index is -0.349. The largest absolute Gasteiger partial charge is 0.465 e. The zero-order chi connectivity index (χ0) is 13.4. The highest BCUT2D eigenvalue weighted by atomic mass is 35.5. The van der Waals surface area contributed by atoms with Crippen molar-refractivity contribution < 1.29 is 9.53 Å². The molecule has 0 spiro atoms. The summed E-state index contributed by atoms with van der Waals surface area (Å²) in [6.45, 7) is 0. The molecule has 0 unspecified atom stereocenters. The van der Waals surface area contributed by atoms with Crippen LogP contribution in [-0.4, -0.2) is 13.1 Å². The highest BCUT2D eigenvalue weighted by Crippen LogP contribution is 2.34. The molecule has 0 aliphatic rings. The molecular weight excluding hydrogens is 260 g/mol. The van der Waals surface area contributed by atoms with E-state index in [1.807, 2.05) is 42.5 Å². The smallest absolute Gasteiger partial charge is 0.338 e. The zero-order valence-corrected chi connectivity index (χ0v) is 11.1. The molecule has 3 rings (SSSR count). The number of benzene rings is 3. The maximum atomic E-state index is 11.9. The third kappa shape index (κ3) is 1.85. The average Bonchev–Trinajstić information content (AvgIpc) is 2.46. The summed E-state index contributed by atoms with van der Waals surface area (Å²) in [4.78, 5) is 11.9. The topological polar surface area (TPSA) is 26.3 Å². The Morgan fingerprint density at radius 3 is 2.58 bits per heavy atom. The van der Waals surface area contributed by atoms with E-state index in [1.54, 1.807) is 6.07 Å². The lowest BCUT2D eigenvalue weighted by molar-refractivity contribution is 0.0603. The third-order valence-electron chi connectivity index (χ3n) is 3.24. The van der Waals surface area contributed by atoms with Crippen molar-refractivity contribution in [2.24, 2.45) is 0 Å². The van der Waals surface area contributed by atoms with Gasteiger partial charge in [0.05, 0.1) is 12.7 Å². The van der Waals surface area contributed by atoms with Crippen LogP contribution in [0.5, 0.6) is 0 Å². The van der Waals surface area contributed by atoms with Gasteiger partial charge in [0.15, 0.2) is 0 Å². The van der Waals surface area contributed by atoms with E-state index in [2.05, 4.69) is 0 Å². The average molecular weight is 271 g/mol. The third-order valence-corrected chi connectivity index (χ3v) is 3.55. The fraction of sp³-hybridized carbons (Fsp3) is 0.0625. The molecule has 3 aromatic carbocycles. The zero-order valence-electron chi connectivity index (χ0n) is 10.3. The van der Waals surface area contributed by atoms with Crippen LogP contribution >= 0.6 is 11.6 Å². The number of carbonyl (C=O) groups is 1. The van der Waals surface area contributed by atoms with Gasteiger partial charge in [-0.1, -0.05) is 48.0 Å². The van der Waals surface area contributed by atoms with Crippen molar-refractivity contribution in [1.29, 1.82) is 0 Å². The second-order valence-electron chi connectivity index (χ2n) is 4.30. The van der Waals surface area contributed by atoms with Crippen molar-refractivity contribution in [2.75, 3.05) is 7.11 Å². The minimum Gasteiger partial charge on any atom is -0.465 e. The standard InChI is InChI=1S/C16H11ClO2/c1-19-16(18)13-8-4-7-12-14(17)9-10-5-2-3-6-11(10)15(12)13/h2-9H,1H3. The van der Waals surface area contributed by atoms with E-state index in [0.717, 1.165) is 21.5 Å². The summed E-state index contributed by atoms with van der Waals surface area (Å²) < 4.78 is 4.85. The molecule has 94 valence electrons. The van der Waals surface area contributed by atoms with Crippen LogP contribution in [0, 0.1) is 0 Å². The van der Waals surface area contributed by atoms with Gasteiger partial charge in [-0.05, 0) is 22.9 Å². The highest BCUT2D eigenvalue weighted by molar-refractivity contribution is 6.38. The Labute approximate surface area is 115 Å². The number of rotatable bonds is 1. The van der Waals surface area contributed by atoms with Gasteiger partial charge in [0.25, 0.3) is 0 Å². The van der Waals surface area contributed by atoms with Crippen LogP contribution in [0.4, 0.5) is 0 Å². The van der Waals surface area contributed by atoms with Gasteiger partial charge >= 0.3 is 5.97 Å². The van der Waals surface area contributed by atoms with Gasteiger partial charge in [-0.15, -0.1) is 0 Å². The summed E-state index contributed by atoms with van der Waals surface area (Å²) in [6.07, 6.45) is 0. The fourth-order valence-electron chi connectivity index (χ4n) is 2.39. The van der Waals surface area contributed by atoms with Crippen molar-refractivity contribution in [3.05, 3.63) is 59.1 Å². The molecule has 0 aliphatic carbocycles. The van der Waals surface area contributed by atoms with Gasteiger partial charge in [-0.25, -0.2) is 4.79 Å². The molecule has 19 heavy (non-hydrogen) atoms. The summed E-state index contributed by atoms with van der Waals surface area (Å²) in [7, 11) is 1.38. The van der Waals surface area contributed by atoms with Crippen LogP contribution in [0.15, 0.2) is 48.5 Å². The number of carbonyl (C=O) groups excluding carboxylic acids is 1. The van der Waals surface area contributed by atoms with Gasteiger partial charge < -0.3 is 4.74 Å². The molecule has 3 aromatic rings. The van der Waals surface area contributed by atoms with E-state index >= 15 is 0 Å². The van der Waals surface area contributed by atoms with E-state index < -0.39 is 0 Å². The van der Waals surface area contributed by atoms with E-state index in [1.165, 1.54) is 7.11 Å². The Balaban J connectivity index is 2.55. The lowest BCUT2D eigenvalue weighted by Crippen LogP contribution is -2.02. The second-order valence-corrected chi connectivity index (χ2v) is 4.71. The maximum absolute atomic E-state index is 11.9. The highest BCUT2D eigenvalue weighted by Gasteiger charge is 2.14. The van der Waals surface area contributed by atoms with Crippen molar-refractivity contribution in [2.45, 2.75) is 0 Å². The fourth-order valence-corrected chi connectivity index (χ4v) is 2.66. The first-order valence-corrected chi connectivity index (χ1v) is 6.28. The number of ether oxygens (including phenoxy) is 1. The van der Waals surface area contributed by atoms with E-state index in [0.29, 0.717) is 10.6 Å². The van der Waals surface area contributed by atoms with Crippen LogP contribution in [-0.2, 0) is 4.74 Å². The van der Waals surface area contributed by atoms with E-state index in [-0.39, 0.29) is 5.97 Å². The Bertz CT molecular complexity index is 793. The Morgan fingerprint density at radius 2 is 1.79 bits per heavy atom. The summed E-state index contributed by atoms with van der Waals surface area (Å²) in [5.41, 5.74) is 0.540. The number of hydrogen-bond donors (Lipinski definition) is 0. The molecule has 0 aromatic heterocycles. The molecule has 0 atom stereocenters. The predicted molar refractivity (Wildman–Crippen MR) is 77.8 cm³/mol. The second kappa shape index (κ2) is 4.56. The molecule has 0 heterocycles. The Morgan fingerprint density at radius 1 is 1.05 bits per heavy atom. The number of methoxy groups -OCH3 is 1. The first-order valence-electron chi connectivity index (χ1n) is 5.90. The van der Waals surface area contributed by atoms with Gasteiger partial charge in [0.2, 0.25) is 0 Å². The first kappa shape index (κ1) is 12.0. The van der Waals surface area contributed by atoms with E-state index in [9.17, 15) is 4.79 Å². The number of fused-ring (bicyclic) bond motifs is 3. The molecule has 0 aliphatic heterocycles.